The molecule has 5 rings (SSSR count). The summed E-state index contributed by atoms with van der Waals surface area (Å²) < 4.78 is 59.2. The zero-order valence-electron chi connectivity index (χ0n) is 18.6. The quantitative estimate of drug-likeness (QED) is 0.176. The number of halogens is 3. The Kier molecular flexibility index (Phi) is 6.01. The van der Waals surface area contributed by atoms with E-state index in [0.29, 0.717) is 34.6 Å². The normalized spacial score (nSPS) is 14.5. The maximum atomic E-state index is 14.7. The van der Waals surface area contributed by atoms with Crippen molar-refractivity contribution in [3.63, 3.8) is 0 Å². The monoisotopic (exact) mass is 476 g/mol. The molecule has 1 unspecified atom stereocenters. The molecule has 0 N–H and O–H groups in total. The fourth-order valence-corrected chi connectivity index (χ4v) is 3.77. The van der Waals surface area contributed by atoms with Crippen LogP contribution >= 0.6 is 0 Å². The van der Waals surface area contributed by atoms with Gasteiger partial charge in [-0.2, -0.15) is 0 Å². The van der Waals surface area contributed by atoms with Crippen LogP contribution in [0.4, 0.5) is 13.2 Å². The lowest BCUT2D eigenvalue weighted by Crippen LogP contribution is -2.12. The van der Waals surface area contributed by atoms with Gasteiger partial charge in [-0.25, -0.2) is 18.0 Å². The van der Waals surface area contributed by atoms with E-state index in [1.807, 2.05) is 0 Å². The number of hydrogen-bond acceptors (Lipinski definition) is 4. The number of hydrogen-bond donors (Lipinski definition) is 0. The van der Waals surface area contributed by atoms with Crippen LogP contribution in [0.5, 0.6) is 11.5 Å². The van der Waals surface area contributed by atoms with Crippen LogP contribution in [0.2, 0.25) is 0 Å². The van der Waals surface area contributed by atoms with Gasteiger partial charge in [0.2, 0.25) is 0 Å². The molecule has 7 heteroatoms. The van der Waals surface area contributed by atoms with Crippen LogP contribution in [0.3, 0.4) is 0 Å². The van der Waals surface area contributed by atoms with Crippen LogP contribution in [-0.2, 0) is 4.74 Å². The molecule has 1 aliphatic rings. The highest BCUT2D eigenvalue weighted by Crippen LogP contribution is 2.34. The molecule has 4 aromatic rings. The van der Waals surface area contributed by atoms with E-state index in [1.165, 1.54) is 37.4 Å². The zero-order chi connectivity index (χ0) is 24.5. The lowest BCUT2D eigenvalue weighted by Gasteiger charge is -2.10. The van der Waals surface area contributed by atoms with Gasteiger partial charge < -0.3 is 14.2 Å². The first-order valence-electron chi connectivity index (χ1n) is 10.8. The zero-order valence-corrected chi connectivity index (χ0v) is 18.6. The van der Waals surface area contributed by atoms with E-state index in [4.69, 9.17) is 14.2 Å². The number of benzene rings is 4. The van der Waals surface area contributed by atoms with Crippen molar-refractivity contribution >= 4 is 5.97 Å². The van der Waals surface area contributed by atoms with E-state index >= 15 is 0 Å². The average molecular weight is 476 g/mol. The molecule has 0 bridgehead atoms. The first-order chi connectivity index (χ1) is 16.9. The largest absolute Gasteiger partial charge is 0.497 e. The Morgan fingerprint density at radius 3 is 2.06 bits per heavy atom. The molecule has 4 nitrogen and oxygen atoms in total. The van der Waals surface area contributed by atoms with E-state index < -0.39 is 23.2 Å². The molecule has 1 atom stereocenters. The maximum absolute atomic E-state index is 14.7. The van der Waals surface area contributed by atoms with Crippen LogP contribution in [0.1, 0.15) is 22.0 Å². The SMILES string of the molecule is COc1ccc(-c2ccc(C(=O)Oc3ccc(-c4ccc(C5CO5)c(F)c4)cc3)c(F)c2F)cc1. The Morgan fingerprint density at radius 1 is 0.800 bits per heavy atom. The van der Waals surface area contributed by atoms with Crippen LogP contribution in [0, 0.1) is 17.5 Å². The van der Waals surface area contributed by atoms with E-state index in [0.717, 1.165) is 0 Å². The number of methoxy groups -OCH3 is 1. The van der Waals surface area contributed by atoms with E-state index in [1.54, 1.807) is 48.5 Å². The Hall–Kier alpha value is -4.10. The second-order valence-electron chi connectivity index (χ2n) is 7.99. The molecule has 0 aromatic heterocycles. The fraction of sp³-hybridized carbons (Fsp3) is 0.107. The Labute approximate surface area is 199 Å². The average Bonchev–Trinajstić information content (AvgIpc) is 3.71. The Balaban J connectivity index is 1.32. The number of rotatable bonds is 6. The van der Waals surface area contributed by atoms with Crippen molar-refractivity contribution in [1.82, 2.24) is 0 Å². The van der Waals surface area contributed by atoms with Gasteiger partial charge in [-0.05, 0) is 53.1 Å². The maximum Gasteiger partial charge on any atom is 0.346 e. The lowest BCUT2D eigenvalue weighted by atomic mass is 10.0. The number of esters is 1. The third-order valence-corrected chi connectivity index (χ3v) is 5.78. The van der Waals surface area contributed by atoms with Crippen molar-refractivity contribution in [3.05, 3.63) is 107 Å². The smallest absolute Gasteiger partial charge is 0.346 e. The molecule has 35 heavy (non-hydrogen) atoms. The summed E-state index contributed by atoms with van der Waals surface area (Å²) in [6, 6.07) is 20.1. The van der Waals surface area contributed by atoms with Crippen LogP contribution in [0.25, 0.3) is 22.3 Å². The minimum Gasteiger partial charge on any atom is -0.497 e. The van der Waals surface area contributed by atoms with Gasteiger partial charge in [-0.1, -0.05) is 42.5 Å². The summed E-state index contributed by atoms with van der Waals surface area (Å²) in [5.41, 5.74) is 1.79. The van der Waals surface area contributed by atoms with Crippen molar-refractivity contribution in [1.29, 1.82) is 0 Å². The Morgan fingerprint density at radius 2 is 1.43 bits per heavy atom. The van der Waals surface area contributed by atoms with Crippen molar-refractivity contribution in [2.75, 3.05) is 13.7 Å². The molecule has 1 heterocycles. The van der Waals surface area contributed by atoms with Crippen LogP contribution in [-0.4, -0.2) is 19.7 Å². The van der Waals surface area contributed by atoms with Gasteiger partial charge in [0.1, 0.15) is 23.4 Å². The third-order valence-electron chi connectivity index (χ3n) is 5.78. The molecule has 0 aliphatic carbocycles. The molecule has 0 spiro atoms. The summed E-state index contributed by atoms with van der Waals surface area (Å²) >= 11 is 0. The van der Waals surface area contributed by atoms with Gasteiger partial charge in [0.25, 0.3) is 0 Å². The molecular weight excluding hydrogens is 457 g/mol. The van der Waals surface area contributed by atoms with E-state index in [-0.39, 0.29) is 23.2 Å². The lowest BCUT2D eigenvalue weighted by molar-refractivity contribution is 0.0728. The second kappa shape index (κ2) is 9.27. The molecule has 176 valence electrons. The molecule has 1 aliphatic heterocycles. The Bertz CT molecular complexity index is 1400. The van der Waals surface area contributed by atoms with Crippen LogP contribution in [0.15, 0.2) is 78.9 Å². The topological polar surface area (TPSA) is 48.1 Å². The predicted octanol–water partition coefficient (Wildman–Crippen LogP) is 6.74. The molecule has 1 fully saturated rings. The first-order valence-corrected chi connectivity index (χ1v) is 10.8. The van der Waals surface area contributed by atoms with Gasteiger partial charge in [0, 0.05) is 11.1 Å². The third kappa shape index (κ3) is 4.63. The number of carbonyl (C=O) groups excluding carboxylic acids is 1. The molecular formula is C28H19F3O4. The standard InChI is InChI=1S/C28H19F3O4/c1-33-19-7-4-17(5-8-19)21-12-13-23(27(31)26(21)30)28(32)35-20-9-2-16(3-10-20)18-6-11-22(24(29)14-18)25-15-34-25/h2-14,25H,15H2,1H3. The number of ether oxygens (including phenoxy) is 3. The summed E-state index contributed by atoms with van der Waals surface area (Å²) in [4.78, 5) is 12.5. The van der Waals surface area contributed by atoms with Gasteiger partial charge >= 0.3 is 5.97 Å². The van der Waals surface area contributed by atoms with Gasteiger partial charge in [-0.3, -0.25) is 0 Å². The summed E-state index contributed by atoms with van der Waals surface area (Å²) in [5.74, 6) is -3.11. The molecule has 4 aromatic carbocycles. The summed E-state index contributed by atoms with van der Waals surface area (Å²) in [5, 5.41) is 0. The van der Waals surface area contributed by atoms with Crippen molar-refractivity contribution in [2.45, 2.75) is 6.10 Å². The molecule has 0 amide bonds. The highest BCUT2D eigenvalue weighted by molar-refractivity contribution is 5.92. The highest BCUT2D eigenvalue weighted by Gasteiger charge is 2.28. The number of carbonyl (C=O) groups is 1. The second-order valence-corrected chi connectivity index (χ2v) is 7.99. The number of epoxide rings is 1. The summed E-state index contributed by atoms with van der Waals surface area (Å²) in [7, 11) is 1.50. The fourth-order valence-electron chi connectivity index (χ4n) is 3.77. The van der Waals surface area contributed by atoms with Crippen molar-refractivity contribution in [3.8, 4) is 33.8 Å². The summed E-state index contributed by atoms with van der Waals surface area (Å²) in [6.07, 6.45) is -0.179. The van der Waals surface area contributed by atoms with Gasteiger partial charge in [0.05, 0.1) is 19.3 Å². The first kappa shape index (κ1) is 22.7. The molecule has 0 radical (unpaired) electrons. The van der Waals surface area contributed by atoms with E-state index in [2.05, 4.69) is 0 Å². The van der Waals surface area contributed by atoms with Crippen molar-refractivity contribution < 1.29 is 32.2 Å². The van der Waals surface area contributed by atoms with Gasteiger partial charge in [0.15, 0.2) is 11.6 Å². The highest BCUT2D eigenvalue weighted by atomic mass is 19.2. The van der Waals surface area contributed by atoms with E-state index in [9.17, 15) is 18.0 Å². The molecule has 0 saturated carbocycles. The van der Waals surface area contributed by atoms with Gasteiger partial charge in [-0.15, -0.1) is 0 Å². The van der Waals surface area contributed by atoms with Crippen molar-refractivity contribution in [2.24, 2.45) is 0 Å². The summed E-state index contributed by atoms with van der Waals surface area (Å²) in [6.45, 7) is 0.519. The molecule has 1 saturated heterocycles. The van der Waals surface area contributed by atoms with Crippen LogP contribution < -0.4 is 9.47 Å². The minimum absolute atomic E-state index is 0.0116. The predicted molar refractivity (Wildman–Crippen MR) is 124 cm³/mol. The minimum atomic E-state index is -1.30.